The zero-order valence-corrected chi connectivity index (χ0v) is 11.1. The van der Waals surface area contributed by atoms with E-state index < -0.39 is 0 Å². The summed E-state index contributed by atoms with van der Waals surface area (Å²) in [6, 6.07) is 9.16. The molecule has 1 aliphatic rings. The third kappa shape index (κ3) is 2.91. The normalized spacial score (nSPS) is 14.9. The average molecular weight is 260 g/mol. The van der Waals surface area contributed by atoms with E-state index in [4.69, 9.17) is 0 Å². The van der Waals surface area contributed by atoms with E-state index in [1.54, 1.807) is 11.8 Å². The number of H-pyrrole nitrogens is 1. The van der Waals surface area contributed by atoms with Crippen molar-refractivity contribution in [3.63, 3.8) is 0 Å². The van der Waals surface area contributed by atoms with Gasteiger partial charge in [0, 0.05) is 17.5 Å². The van der Waals surface area contributed by atoms with Gasteiger partial charge in [-0.1, -0.05) is 18.2 Å². The minimum Gasteiger partial charge on any atom is -0.310 e. The van der Waals surface area contributed by atoms with Crippen molar-refractivity contribution in [2.75, 3.05) is 0 Å². The van der Waals surface area contributed by atoms with Crippen LogP contribution < -0.4 is 5.32 Å². The number of aryl methyl sites for hydroxylation is 1. The van der Waals surface area contributed by atoms with Gasteiger partial charge < -0.3 is 5.32 Å². The van der Waals surface area contributed by atoms with Crippen LogP contribution in [-0.2, 0) is 6.54 Å². The third-order valence-electron chi connectivity index (χ3n) is 2.91. The molecule has 3 rings (SSSR count). The standard InChI is InChI=1S/C13H16N4S/c1-9-15-13(17-16-9)18-12-5-3-2-4-10(12)8-14-11-6-7-11/h2-5,11,14H,6-8H2,1H3,(H,15,16,17). The number of aromatic amines is 1. The average Bonchev–Trinajstić information content (AvgIpc) is 3.12. The van der Waals surface area contributed by atoms with E-state index in [9.17, 15) is 0 Å². The number of nitrogens with zero attached hydrogens (tertiary/aromatic N) is 2. The predicted molar refractivity (Wildman–Crippen MR) is 71.5 cm³/mol. The smallest absolute Gasteiger partial charge is 0.213 e. The molecular weight excluding hydrogens is 244 g/mol. The summed E-state index contributed by atoms with van der Waals surface area (Å²) in [6.45, 7) is 2.84. The summed E-state index contributed by atoms with van der Waals surface area (Å²) in [4.78, 5) is 5.56. The zero-order chi connectivity index (χ0) is 12.4. The molecule has 4 nitrogen and oxygen atoms in total. The van der Waals surface area contributed by atoms with Gasteiger partial charge in [-0.05, 0) is 43.2 Å². The lowest BCUT2D eigenvalue weighted by atomic mass is 10.2. The van der Waals surface area contributed by atoms with Crippen LogP contribution in [0.5, 0.6) is 0 Å². The molecule has 0 spiro atoms. The van der Waals surface area contributed by atoms with Crippen molar-refractivity contribution < 1.29 is 0 Å². The Morgan fingerprint density at radius 1 is 1.39 bits per heavy atom. The highest BCUT2D eigenvalue weighted by Crippen LogP contribution is 2.28. The second kappa shape index (κ2) is 5.12. The first-order chi connectivity index (χ1) is 8.81. The lowest BCUT2D eigenvalue weighted by molar-refractivity contribution is 0.680. The van der Waals surface area contributed by atoms with E-state index in [1.807, 2.05) is 6.92 Å². The number of hydrogen-bond donors (Lipinski definition) is 2. The molecule has 2 aromatic rings. The largest absolute Gasteiger partial charge is 0.310 e. The summed E-state index contributed by atoms with van der Waals surface area (Å²) in [5, 5.41) is 11.4. The summed E-state index contributed by atoms with van der Waals surface area (Å²) in [5.74, 6) is 0.853. The fourth-order valence-corrected chi connectivity index (χ4v) is 2.65. The Kier molecular flexibility index (Phi) is 3.34. The van der Waals surface area contributed by atoms with E-state index in [-0.39, 0.29) is 0 Å². The van der Waals surface area contributed by atoms with Crippen LogP contribution in [0.25, 0.3) is 0 Å². The maximum atomic E-state index is 4.33. The monoisotopic (exact) mass is 260 g/mol. The fraction of sp³-hybridized carbons (Fsp3) is 0.385. The Hall–Kier alpha value is -1.33. The summed E-state index contributed by atoms with van der Waals surface area (Å²) in [6.07, 6.45) is 2.63. The zero-order valence-electron chi connectivity index (χ0n) is 10.3. The number of nitrogens with one attached hydrogen (secondary N) is 2. The topological polar surface area (TPSA) is 53.6 Å². The summed E-state index contributed by atoms with van der Waals surface area (Å²) >= 11 is 1.61. The van der Waals surface area contributed by atoms with E-state index in [1.165, 1.54) is 23.3 Å². The molecule has 2 N–H and O–H groups in total. The molecule has 0 radical (unpaired) electrons. The van der Waals surface area contributed by atoms with Gasteiger partial charge in [-0.15, -0.1) is 5.10 Å². The van der Waals surface area contributed by atoms with Gasteiger partial charge in [-0.3, -0.25) is 5.10 Å². The highest BCUT2D eigenvalue weighted by atomic mass is 32.2. The van der Waals surface area contributed by atoms with Crippen molar-refractivity contribution in [2.24, 2.45) is 0 Å². The van der Waals surface area contributed by atoms with Crippen LogP contribution >= 0.6 is 11.8 Å². The van der Waals surface area contributed by atoms with Crippen molar-refractivity contribution in [3.8, 4) is 0 Å². The second-order valence-electron chi connectivity index (χ2n) is 4.57. The maximum absolute atomic E-state index is 4.33. The Balaban J connectivity index is 1.73. The highest BCUT2D eigenvalue weighted by Gasteiger charge is 2.20. The number of rotatable bonds is 5. The number of aromatic nitrogens is 3. The summed E-state index contributed by atoms with van der Waals surface area (Å²) < 4.78 is 0. The van der Waals surface area contributed by atoms with Crippen molar-refractivity contribution in [1.82, 2.24) is 20.5 Å². The van der Waals surface area contributed by atoms with Gasteiger partial charge in [0.25, 0.3) is 0 Å². The molecule has 0 aliphatic heterocycles. The van der Waals surface area contributed by atoms with E-state index >= 15 is 0 Å². The third-order valence-corrected chi connectivity index (χ3v) is 3.89. The fourth-order valence-electron chi connectivity index (χ4n) is 1.76. The molecule has 0 atom stereocenters. The van der Waals surface area contributed by atoms with Gasteiger partial charge in [-0.2, -0.15) is 0 Å². The molecule has 0 bridgehead atoms. The Bertz CT molecular complexity index is 533. The Labute approximate surface area is 111 Å². The molecule has 0 amide bonds. The van der Waals surface area contributed by atoms with Crippen LogP contribution in [0.2, 0.25) is 0 Å². The minimum absolute atomic E-state index is 0.730. The lowest BCUT2D eigenvalue weighted by Gasteiger charge is -2.08. The summed E-state index contributed by atoms with van der Waals surface area (Å²) in [5.41, 5.74) is 1.32. The molecule has 18 heavy (non-hydrogen) atoms. The Morgan fingerprint density at radius 2 is 2.22 bits per heavy atom. The van der Waals surface area contributed by atoms with Crippen molar-refractivity contribution in [1.29, 1.82) is 0 Å². The minimum atomic E-state index is 0.730. The van der Waals surface area contributed by atoms with Gasteiger partial charge in [0.2, 0.25) is 5.16 Å². The van der Waals surface area contributed by atoms with Gasteiger partial charge >= 0.3 is 0 Å². The molecule has 1 aromatic carbocycles. The van der Waals surface area contributed by atoms with Crippen LogP contribution in [0.4, 0.5) is 0 Å². The molecule has 1 saturated carbocycles. The van der Waals surface area contributed by atoms with Gasteiger partial charge in [-0.25, -0.2) is 4.98 Å². The Morgan fingerprint density at radius 3 is 2.94 bits per heavy atom. The van der Waals surface area contributed by atoms with Crippen molar-refractivity contribution >= 4 is 11.8 Å². The molecule has 1 aliphatic carbocycles. The van der Waals surface area contributed by atoms with Crippen LogP contribution in [0.1, 0.15) is 24.2 Å². The predicted octanol–water partition coefficient (Wildman–Crippen LogP) is 2.52. The number of hydrogen-bond acceptors (Lipinski definition) is 4. The maximum Gasteiger partial charge on any atom is 0.213 e. The first kappa shape index (κ1) is 11.7. The highest BCUT2D eigenvalue weighted by molar-refractivity contribution is 7.99. The molecule has 1 fully saturated rings. The molecule has 1 aromatic heterocycles. The van der Waals surface area contributed by atoms with Gasteiger partial charge in [0.15, 0.2) is 0 Å². The van der Waals surface area contributed by atoms with Crippen molar-refractivity contribution in [3.05, 3.63) is 35.7 Å². The first-order valence-corrected chi connectivity index (χ1v) is 7.01. The van der Waals surface area contributed by atoms with Crippen molar-refractivity contribution in [2.45, 2.75) is 42.4 Å². The molecule has 94 valence electrons. The van der Waals surface area contributed by atoms with Crippen LogP contribution in [0, 0.1) is 6.92 Å². The molecule has 0 saturated heterocycles. The first-order valence-electron chi connectivity index (χ1n) is 6.19. The van der Waals surface area contributed by atoms with Crippen LogP contribution in [-0.4, -0.2) is 21.2 Å². The van der Waals surface area contributed by atoms with E-state index in [0.29, 0.717) is 0 Å². The molecule has 0 unspecified atom stereocenters. The van der Waals surface area contributed by atoms with Crippen LogP contribution in [0.15, 0.2) is 34.3 Å². The quantitative estimate of drug-likeness (QED) is 0.867. The molecule has 5 heteroatoms. The molecule has 1 heterocycles. The summed E-state index contributed by atoms with van der Waals surface area (Å²) in [7, 11) is 0. The van der Waals surface area contributed by atoms with Crippen LogP contribution in [0.3, 0.4) is 0 Å². The van der Waals surface area contributed by atoms with Gasteiger partial charge in [0.1, 0.15) is 5.82 Å². The van der Waals surface area contributed by atoms with Gasteiger partial charge in [0.05, 0.1) is 0 Å². The molecular formula is C13H16N4S. The SMILES string of the molecule is Cc1nc(Sc2ccccc2CNC2CC2)n[nH]1. The van der Waals surface area contributed by atoms with E-state index in [2.05, 4.69) is 44.8 Å². The second-order valence-corrected chi connectivity index (χ2v) is 5.58. The number of benzene rings is 1. The van der Waals surface area contributed by atoms with E-state index in [0.717, 1.165) is 23.6 Å². The lowest BCUT2D eigenvalue weighted by Crippen LogP contribution is -2.15.